The Bertz CT molecular complexity index is 1070. The van der Waals surface area contributed by atoms with Crippen LogP contribution < -0.4 is 5.73 Å². The summed E-state index contributed by atoms with van der Waals surface area (Å²) in [6.45, 7) is 0. The molecule has 1 aromatic heterocycles. The molecule has 0 aliphatic carbocycles. The number of imidazole rings is 1. The molecule has 5 nitrogen and oxygen atoms in total. The van der Waals surface area contributed by atoms with Crippen molar-refractivity contribution in [3.8, 4) is 16.8 Å². The summed E-state index contributed by atoms with van der Waals surface area (Å²) in [5, 5.41) is 12.1. The zero-order chi connectivity index (χ0) is 17.2. The molecule has 1 heterocycles. The first-order chi connectivity index (χ1) is 12.3. The number of nitrogens with zero attached hydrogens (tertiary/aromatic N) is 3. The van der Waals surface area contributed by atoms with Gasteiger partial charge in [0.05, 0.1) is 17.2 Å². The smallest absolute Gasteiger partial charge is 0.100 e. The fraction of sp³-hybridized carbons (Fsp3) is 0. The van der Waals surface area contributed by atoms with Crippen LogP contribution in [0.4, 0.5) is 5.69 Å². The molecule has 0 saturated carbocycles. The summed E-state index contributed by atoms with van der Waals surface area (Å²) in [5.41, 5.74) is 12.2. The lowest BCUT2D eigenvalue weighted by Gasteiger charge is -2.11. The second-order valence-electron chi connectivity index (χ2n) is 5.76. The van der Waals surface area contributed by atoms with Crippen molar-refractivity contribution in [1.29, 1.82) is 0 Å². The van der Waals surface area contributed by atoms with Gasteiger partial charge in [-0.25, -0.2) is 4.98 Å². The van der Waals surface area contributed by atoms with E-state index in [9.17, 15) is 0 Å². The van der Waals surface area contributed by atoms with E-state index in [0.29, 0.717) is 5.69 Å². The summed E-state index contributed by atoms with van der Waals surface area (Å²) in [4.78, 5) is 4.53. The van der Waals surface area contributed by atoms with Crippen LogP contribution in [0.2, 0.25) is 0 Å². The molecule has 0 bridgehead atoms. The van der Waals surface area contributed by atoms with Crippen molar-refractivity contribution in [1.82, 2.24) is 9.55 Å². The normalized spacial score (nSPS) is 11.4. The highest BCUT2D eigenvalue weighted by Crippen LogP contribution is 2.32. The van der Waals surface area contributed by atoms with Gasteiger partial charge in [-0.2, -0.15) is 0 Å². The predicted octanol–water partition coefficient (Wildman–Crippen LogP) is 4.08. The maximum absolute atomic E-state index is 8.90. The maximum Gasteiger partial charge on any atom is 0.100 e. The fourth-order valence-corrected chi connectivity index (χ4v) is 3.02. The fourth-order valence-electron chi connectivity index (χ4n) is 3.02. The van der Waals surface area contributed by atoms with Crippen LogP contribution in [0.3, 0.4) is 0 Å². The molecule has 0 fully saturated rings. The molecule has 0 amide bonds. The third-order valence-corrected chi connectivity index (χ3v) is 4.10. The topological polar surface area (TPSA) is 76.4 Å². The van der Waals surface area contributed by atoms with E-state index in [0.717, 1.165) is 33.4 Å². The van der Waals surface area contributed by atoms with Gasteiger partial charge in [0.25, 0.3) is 0 Å². The number of hydrogen-bond acceptors (Lipinski definition) is 4. The van der Waals surface area contributed by atoms with Crippen LogP contribution in [-0.4, -0.2) is 21.0 Å². The SMILES string of the molecule is Nc1cccc(-c2cc(C=NO)cc3ncn(-c4ccccc4)c23)c1. The lowest BCUT2D eigenvalue weighted by molar-refractivity contribution is 0.322. The molecular weight excluding hydrogens is 312 g/mol. The molecule has 0 unspecified atom stereocenters. The van der Waals surface area contributed by atoms with Crippen LogP contribution >= 0.6 is 0 Å². The Kier molecular flexibility index (Phi) is 3.67. The lowest BCUT2D eigenvalue weighted by Crippen LogP contribution is -1.95. The van der Waals surface area contributed by atoms with Gasteiger partial charge in [0, 0.05) is 16.9 Å². The molecule has 5 heteroatoms. The monoisotopic (exact) mass is 328 g/mol. The first-order valence-corrected chi connectivity index (χ1v) is 7.86. The summed E-state index contributed by atoms with van der Waals surface area (Å²) in [7, 11) is 0. The number of fused-ring (bicyclic) bond motifs is 1. The minimum atomic E-state index is 0.692. The van der Waals surface area contributed by atoms with E-state index in [2.05, 4.69) is 10.1 Å². The van der Waals surface area contributed by atoms with Crippen LogP contribution in [0.15, 0.2) is 78.2 Å². The Morgan fingerprint density at radius 2 is 1.84 bits per heavy atom. The number of nitrogens with two attached hydrogens (primary N) is 1. The zero-order valence-electron chi connectivity index (χ0n) is 13.4. The van der Waals surface area contributed by atoms with E-state index in [4.69, 9.17) is 10.9 Å². The number of hydrogen-bond donors (Lipinski definition) is 2. The van der Waals surface area contributed by atoms with E-state index in [1.54, 1.807) is 6.33 Å². The number of anilines is 1. The minimum Gasteiger partial charge on any atom is -0.411 e. The van der Waals surface area contributed by atoms with E-state index in [1.807, 2.05) is 71.3 Å². The number of rotatable bonds is 3. The molecule has 0 saturated heterocycles. The van der Waals surface area contributed by atoms with Crippen molar-refractivity contribution >= 4 is 22.9 Å². The van der Waals surface area contributed by atoms with Gasteiger partial charge >= 0.3 is 0 Å². The van der Waals surface area contributed by atoms with Crippen molar-refractivity contribution < 1.29 is 5.21 Å². The molecule has 0 atom stereocenters. The Hall–Kier alpha value is -3.60. The van der Waals surface area contributed by atoms with Crippen molar-refractivity contribution in [3.63, 3.8) is 0 Å². The van der Waals surface area contributed by atoms with E-state index >= 15 is 0 Å². The third kappa shape index (κ3) is 2.72. The van der Waals surface area contributed by atoms with Crippen molar-refractivity contribution in [3.05, 3.63) is 78.6 Å². The number of aromatic nitrogens is 2. The highest BCUT2D eigenvalue weighted by Gasteiger charge is 2.13. The summed E-state index contributed by atoms with van der Waals surface area (Å²) < 4.78 is 2.05. The first-order valence-electron chi connectivity index (χ1n) is 7.86. The molecule has 0 aliphatic heterocycles. The van der Waals surface area contributed by atoms with Crippen LogP contribution in [0.25, 0.3) is 27.8 Å². The largest absolute Gasteiger partial charge is 0.411 e. The molecule has 4 rings (SSSR count). The highest BCUT2D eigenvalue weighted by atomic mass is 16.4. The Labute approximate surface area is 144 Å². The van der Waals surface area contributed by atoms with Gasteiger partial charge in [0.15, 0.2) is 0 Å². The minimum absolute atomic E-state index is 0.692. The third-order valence-electron chi connectivity index (χ3n) is 4.10. The Morgan fingerprint density at radius 1 is 1.00 bits per heavy atom. The molecular formula is C20H16N4O. The Balaban J connectivity index is 2.05. The molecule has 0 radical (unpaired) electrons. The molecule has 3 aromatic carbocycles. The van der Waals surface area contributed by atoms with Crippen molar-refractivity contribution in [2.45, 2.75) is 0 Å². The second kappa shape index (κ2) is 6.13. The number of oxime groups is 1. The second-order valence-corrected chi connectivity index (χ2v) is 5.76. The van der Waals surface area contributed by atoms with Gasteiger partial charge in [0.1, 0.15) is 6.33 Å². The molecule has 25 heavy (non-hydrogen) atoms. The Morgan fingerprint density at radius 3 is 2.60 bits per heavy atom. The van der Waals surface area contributed by atoms with E-state index in [1.165, 1.54) is 6.21 Å². The summed E-state index contributed by atoms with van der Waals surface area (Å²) in [6.07, 6.45) is 3.20. The van der Waals surface area contributed by atoms with E-state index in [-0.39, 0.29) is 0 Å². The van der Waals surface area contributed by atoms with Gasteiger partial charge in [0.2, 0.25) is 0 Å². The average Bonchev–Trinajstić information content (AvgIpc) is 3.06. The maximum atomic E-state index is 8.90. The van der Waals surface area contributed by atoms with Crippen LogP contribution in [0.5, 0.6) is 0 Å². The van der Waals surface area contributed by atoms with Gasteiger partial charge in [-0.15, -0.1) is 0 Å². The number of para-hydroxylation sites is 1. The molecule has 122 valence electrons. The first kappa shape index (κ1) is 15.0. The quantitative estimate of drug-likeness (QED) is 0.257. The van der Waals surface area contributed by atoms with Crippen molar-refractivity contribution in [2.75, 3.05) is 5.73 Å². The van der Waals surface area contributed by atoms with Gasteiger partial charge < -0.3 is 10.9 Å². The summed E-state index contributed by atoms with van der Waals surface area (Å²) in [5.74, 6) is 0. The highest BCUT2D eigenvalue weighted by molar-refractivity contribution is 5.98. The van der Waals surface area contributed by atoms with Gasteiger partial charge in [-0.3, -0.25) is 4.57 Å². The van der Waals surface area contributed by atoms with Crippen LogP contribution in [0, 0.1) is 0 Å². The summed E-state index contributed by atoms with van der Waals surface area (Å²) in [6, 6.07) is 21.6. The van der Waals surface area contributed by atoms with Crippen LogP contribution in [0.1, 0.15) is 5.56 Å². The predicted molar refractivity (Wildman–Crippen MR) is 100 cm³/mol. The van der Waals surface area contributed by atoms with Gasteiger partial charge in [-0.05, 0) is 47.5 Å². The van der Waals surface area contributed by atoms with E-state index < -0.39 is 0 Å². The molecule has 4 aromatic rings. The molecule has 0 aliphatic rings. The van der Waals surface area contributed by atoms with Crippen LogP contribution in [-0.2, 0) is 0 Å². The van der Waals surface area contributed by atoms with Crippen molar-refractivity contribution in [2.24, 2.45) is 5.16 Å². The van der Waals surface area contributed by atoms with Gasteiger partial charge in [-0.1, -0.05) is 35.5 Å². The number of benzene rings is 3. The molecule has 3 N–H and O–H groups in total. The zero-order valence-corrected chi connectivity index (χ0v) is 13.4. The summed E-state index contributed by atoms with van der Waals surface area (Å²) >= 11 is 0. The standard InChI is InChI=1S/C20H16N4O/c21-16-6-4-5-15(11-16)18-9-14(12-23-25)10-19-20(18)24(13-22-19)17-7-2-1-3-8-17/h1-13,25H,21H2. The average molecular weight is 328 g/mol. The lowest BCUT2D eigenvalue weighted by atomic mass is 10.0. The molecule has 0 spiro atoms. The number of nitrogen functional groups attached to an aromatic ring is 1.